The van der Waals surface area contributed by atoms with E-state index in [-0.39, 0.29) is 11.3 Å². The highest BCUT2D eigenvalue weighted by Crippen LogP contribution is 2.20. The number of carbonyl (C=O) groups excluding carboxylic acids is 1. The van der Waals surface area contributed by atoms with Crippen LogP contribution in [0.2, 0.25) is 5.02 Å². The average molecular weight is 397 g/mol. The van der Waals surface area contributed by atoms with Crippen LogP contribution in [0.3, 0.4) is 0 Å². The Morgan fingerprint density at radius 3 is 2.86 bits per heavy atom. The van der Waals surface area contributed by atoms with E-state index in [0.29, 0.717) is 35.0 Å². The van der Waals surface area contributed by atoms with Gasteiger partial charge in [0, 0.05) is 29.6 Å². The zero-order valence-electron chi connectivity index (χ0n) is 16.0. The Morgan fingerprint density at radius 1 is 1.25 bits per heavy atom. The van der Waals surface area contributed by atoms with E-state index in [4.69, 9.17) is 11.6 Å². The van der Waals surface area contributed by atoms with Crippen molar-refractivity contribution in [2.24, 2.45) is 0 Å². The van der Waals surface area contributed by atoms with E-state index in [2.05, 4.69) is 25.4 Å². The normalized spacial score (nSPS) is 12.0. The van der Waals surface area contributed by atoms with Crippen molar-refractivity contribution in [2.75, 3.05) is 6.54 Å². The highest BCUT2D eigenvalue weighted by Gasteiger charge is 2.22. The predicted octanol–water partition coefficient (Wildman–Crippen LogP) is 3.53. The second-order valence-corrected chi connectivity index (χ2v) is 8.16. The minimum Gasteiger partial charge on any atom is -0.351 e. The molecule has 0 atom stereocenters. The van der Waals surface area contributed by atoms with Crippen LogP contribution in [0.5, 0.6) is 0 Å². The van der Waals surface area contributed by atoms with Crippen molar-refractivity contribution in [3.05, 3.63) is 58.8 Å². The molecule has 0 radical (unpaired) electrons. The molecule has 0 fully saturated rings. The Hall–Kier alpha value is -2.93. The monoisotopic (exact) mass is 396 g/mol. The molecule has 1 aromatic carbocycles. The quantitative estimate of drug-likeness (QED) is 0.552. The Balaban J connectivity index is 1.48. The third-order valence-electron chi connectivity index (χ3n) is 4.42. The summed E-state index contributed by atoms with van der Waals surface area (Å²) in [5.41, 5.74) is 2.61. The van der Waals surface area contributed by atoms with E-state index in [9.17, 15) is 4.79 Å². The Morgan fingerprint density at radius 2 is 2.07 bits per heavy atom. The van der Waals surface area contributed by atoms with Crippen molar-refractivity contribution < 1.29 is 4.79 Å². The molecule has 0 saturated carbocycles. The smallest absolute Gasteiger partial charge is 0.255 e. The number of carbonyl (C=O) groups is 1. The first-order valence-electron chi connectivity index (χ1n) is 9.09. The summed E-state index contributed by atoms with van der Waals surface area (Å²) >= 11 is 6.00. The van der Waals surface area contributed by atoms with Gasteiger partial charge in [-0.25, -0.2) is 14.5 Å². The molecule has 0 unspecified atom stereocenters. The van der Waals surface area contributed by atoms with Crippen molar-refractivity contribution in [3.63, 3.8) is 0 Å². The number of imidazole rings is 1. The molecule has 0 bridgehead atoms. The molecule has 144 valence electrons. The van der Waals surface area contributed by atoms with Gasteiger partial charge < -0.3 is 10.3 Å². The van der Waals surface area contributed by atoms with Crippen LogP contribution in [0, 0.1) is 0 Å². The second kappa shape index (κ2) is 6.91. The van der Waals surface area contributed by atoms with Crippen LogP contribution < -0.4 is 5.32 Å². The van der Waals surface area contributed by atoms with E-state index < -0.39 is 0 Å². The summed E-state index contributed by atoms with van der Waals surface area (Å²) in [5.74, 6) is 1.32. The minimum absolute atomic E-state index is 0.183. The molecule has 3 aromatic heterocycles. The van der Waals surface area contributed by atoms with Gasteiger partial charge in [-0.3, -0.25) is 4.79 Å². The van der Waals surface area contributed by atoms with Gasteiger partial charge in [0.25, 0.3) is 5.91 Å². The highest BCUT2D eigenvalue weighted by atomic mass is 35.5. The highest BCUT2D eigenvalue weighted by molar-refractivity contribution is 6.31. The van der Waals surface area contributed by atoms with Gasteiger partial charge in [-0.1, -0.05) is 32.4 Å². The lowest BCUT2D eigenvalue weighted by atomic mass is 9.96. The topological polar surface area (TPSA) is 88.0 Å². The molecule has 4 rings (SSSR count). The predicted molar refractivity (Wildman–Crippen MR) is 109 cm³/mol. The fourth-order valence-electron chi connectivity index (χ4n) is 2.94. The van der Waals surface area contributed by atoms with Crippen LogP contribution in [-0.2, 0) is 11.8 Å². The maximum Gasteiger partial charge on any atom is 0.255 e. The number of pyridine rings is 1. The fourth-order valence-corrected chi connectivity index (χ4v) is 3.12. The standard InChI is InChI=1S/C20H21ClN6O/c1-20(2,3)19-25-17-13(5-4-10-27(17)26-19)18(28)22-9-8-16-23-14-7-6-12(21)11-15(14)24-16/h4-7,10-11H,8-9H2,1-3H3,(H,22,28)(H,23,24). The van der Waals surface area contributed by atoms with Crippen molar-refractivity contribution in [2.45, 2.75) is 32.6 Å². The van der Waals surface area contributed by atoms with E-state index in [0.717, 1.165) is 16.9 Å². The molecule has 7 nitrogen and oxygen atoms in total. The number of H-pyrrole nitrogens is 1. The van der Waals surface area contributed by atoms with E-state index in [1.165, 1.54) is 0 Å². The van der Waals surface area contributed by atoms with Crippen molar-refractivity contribution >= 4 is 34.2 Å². The lowest BCUT2D eigenvalue weighted by Gasteiger charge is -2.11. The van der Waals surface area contributed by atoms with Crippen LogP contribution in [-0.4, -0.2) is 37.0 Å². The molecular formula is C20H21ClN6O. The zero-order chi connectivity index (χ0) is 19.9. The summed E-state index contributed by atoms with van der Waals surface area (Å²) in [6, 6.07) is 9.07. The van der Waals surface area contributed by atoms with E-state index in [1.807, 2.05) is 32.9 Å². The average Bonchev–Trinajstić information content (AvgIpc) is 3.24. The maximum atomic E-state index is 12.7. The minimum atomic E-state index is -0.191. The number of hydrogen-bond acceptors (Lipinski definition) is 4. The second-order valence-electron chi connectivity index (χ2n) is 7.73. The third kappa shape index (κ3) is 3.57. The lowest BCUT2D eigenvalue weighted by molar-refractivity contribution is 0.0955. The maximum absolute atomic E-state index is 12.7. The van der Waals surface area contributed by atoms with E-state index in [1.54, 1.807) is 28.9 Å². The van der Waals surface area contributed by atoms with Gasteiger partial charge in [0.05, 0.1) is 16.6 Å². The van der Waals surface area contributed by atoms with Gasteiger partial charge in [0.15, 0.2) is 11.5 Å². The van der Waals surface area contributed by atoms with Crippen molar-refractivity contribution in [1.29, 1.82) is 0 Å². The molecule has 28 heavy (non-hydrogen) atoms. The largest absolute Gasteiger partial charge is 0.351 e. The molecule has 8 heteroatoms. The zero-order valence-corrected chi connectivity index (χ0v) is 16.7. The van der Waals surface area contributed by atoms with Crippen LogP contribution in [0.4, 0.5) is 0 Å². The molecule has 1 amide bonds. The fraction of sp³-hybridized carbons (Fsp3) is 0.300. The molecule has 0 saturated heterocycles. The third-order valence-corrected chi connectivity index (χ3v) is 4.65. The molecule has 3 heterocycles. The molecule has 0 aliphatic rings. The summed E-state index contributed by atoms with van der Waals surface area (Å²) in [7, 11) is 0. The first-order chi connectivity index (χ1) is 13.3. The SMILES string of the molecule is CC(C)(C)c1nc2c(C(=O)NCCc3nc4ccc(Cl)cc4[nH]3)cccn2n1. The van der Waals surface area contributed by atoms with Crippen LogP contribution in [0.25, 0.3) is 16.7 Å². The van der Waals surface area contributed by atoms with E-state index >= 15 is 0 Å². The van der Waals surface area contributed by atoms with Gasteiger partial charge in [0.2, 0.25) is 0 Å². The number of rotatable bonds is 4. The molecule has 2 N–H and O–H groups in total. The molecular weight excluding hydrogens is 376 g/mol. The number of aromatic amines is 1. The van der Waals surface area contributed by atoms with Gasteiger partial charge >= 0.3 is 0 Å². The number of nitrogens with zero attached hydrogens (tertiary/aromatic N) is 4. The van der Waals surface area contributed by atoms with Crippen LogP contribution in [0.15, 0.2) is 36.5 Å². The van der Waals surface area contributed by atoms with Gasteiger partial charge in [-0.05, 0) is 30.3 Å². The summed E-state index contributed by atoms with van der Waals surface area (Å²) < 4.78 is 1.65. The Bertz CT molecular complexity index is 1170. The molecule has 0 aliphatic heterocycles. The molecule has 0 aliphatic carbocycles. The molecule has 0 spiro atoms. The number of hydrogen-bond donors (Lipinski definition) is 2. The summed E-state index contributed by atoms with van der Waals surface area (Å²) in [6.45, 7) is 6.58. The number of fused-ring (bicyclic) bond motifs is 2. The van der Waals surface area contributed by atoms with Crippen molar-refractivity contribution in [1.82, 2.24) is 29.9 Å². The number of aromatic nitrogens is 5. The van der Waals surface area contributed by atoms with Crippen LogP contribution in [0.1, 0.15) is 42.8 Å². The Kier molecular flexibility index (Phi) is 4.55. The van der Waals surface area contributed by atoms with Gasteiger partial charge in [-0.15, -0.1) is 0 Å². The lowest BCUT2D eigenvalue weighted by Crippen LogP contribution is -2.26. The van der Waals surface area contributed by atoms with Gasteiger partial charge in [0.1, 0.15) is 5.82 Å². The first-order valence-corrected chi connectivity index (χ1v) is 9.47. The molecule has 4 aromatic rings. The summed E-state index contributed by atoms with van der Waals surface area (Å²) in [6.07, 6.45) is 2.38. The number of halogens is 1. The number of amides is 1. The number of nitrogens with one attached hydrogen (secondary N) is 2. The Labute approximate surface area is 167 Å². The van der Waals surface area contributed by atoms with Crippen LogP contribution >= 0.6 is 11.6 Å². The van der Waals surface area contributed by atoms with Crippen molar-refractivity contribution in [3.8, 4) is 0 Å². The number of benzene rings is 1. The first kappa shape index (κ1) is 18.4. The van der Waals surface area contributed by atoms with Gasteiger partial charge in [-0.2, -0.15) is 5.10 Å². The summed E-state index contributed by atoms with van der Waals surface area (Å²) in [5, 5.41) is 8.08. The summed E-state index contributed by atoms with van der Waals surface area (Å²) in [4.78, 5) is 25.0.